The van der Waals surface area contributed by atoms with E-state index in [9.17, 15) is 0 Å². The third-order valence-electron chi connectivity index (χ3n) is 3.80. The molecule has 0 fully saturated rings. The van der Waals surface area contributed by atoms with Crippen molar-refractivity contribution in [1.29, 1.82) is 0 Å². The molecule has 0 bridgehead atoms. The quantitative estimate of drug-likeness (QED) is 0.712. The van der Waals surface area contributed by atoms with Crippen molar-refractivity contribution in [3.8, 4) is 0 Å². The third-order valence-corrected chi connectivity index (χ3v) is 3.80. The molecule has 0 aliphatic carbocycles. The zero-order valence-electron chi connectivity index (χ0n) is 14.3. The van der Waals surface area contributed by atoms with Gasteiger partial charge in [-0.25, -0.2) is 4.98 Å². The Labute approximate surface area is 143 Å². The van der Waals surface area contributed by atoms with E-state index >= 15 is 0 Å². The van der Waals surface area contributed by atoms with Gasteiger partial charge in [-0.15, -0.1) is 0 Å². The molecule has 0 saturated heterocycles. The zero-order valence-corrected chi connectivity index (χ0v) is 14.3. The molecule has 2 aromatic carbocycles. The van der Waals surface area contributed by atoms with Crippen LogP contribution >= 0.6 is 0 Å². The lowest BCUT2D eigenvalue weighted by Crippen LogP contribution is -2.06. The topological polar surface area (TPSA) is 49.8 Å². The van der Waals surface area contributed by atoms with Gasteiger partial charge in [0.2, 0.25) is 5.95 Å². The summed E-state index contributed by atoms with van der Waals surface area (Å²) in [6.45, 7) is 6.88. The van der Waals surface area contributed by atoms with Gasteiger partial charge in [0.1, 0.15) is 5.82 Å². The Morgan fingerprint density at radius 2 is 1.71 bits per heavy atom. The van der Waals surface area contributed by atoms with Gasteiger partial charge < -0.3 is 10.6 Å². The first-order chi connectivity index (χ1) is 11.6. The number of benzene rings is 2. The third kappa shape index (κ3) is 4.10. The van der Waals surface area contributed by atoms with E-state index in [0.29, 0.717) is 5.95 Å². The van der Waals surface area contributed by atoms with E-state index in [4.69, 9.17) is 0 Å². The van der Waals surface area contributed by atoms with Crippen LogP contribution in [-0.2, 0) is 6.54 Å². The number of nitrogens with zero attached hydrogens (tertiary/aromatic N) is 2. The highest BCUT2D eigenvalue weighted by Crippen LogP contribution is 2.19. The minimum atomic E-state index is 0.607. The van der Waals surface area contributed by atoms with Gasteiger partial charge in [-0.2, -0.15) is 4.98 Å². The molecule has 24 heavy (non-hydrogen) atoms. The largest absolute Gasteiger partial charge is 0.366 e. The van der Waals surface area contributed by atoms with Crippen molar-refractivity contribution in [2.45, 2.75) is 27.3 Å². The average molecular weight is 318 g/mol. The lowest BCUT2D eigenvalue weighted by atomic mass is 10.1. The summed E-state index contributed by atoms with van der Waals surface area (Å²) in [6, 6.07) is 18.5. The highest BCUT2D eigenvalue weighted by molar-refractivity contribution is 5.59. The molecule has 0 spiro atoms. The number of nitrogens with one attached hydrogen (secondary N) is 2. The summed E-state index contributed by atoms with van der Waals surface area (Å²) in [5.41, 5.74) is 5.60. The van der Waals surface area contributed by atoms with Gasteiger partial charge in [-0.1, -0.05) is 48.0 Å². The summed E-state index contributed by atoms with van der Waals surface area (Å²) in [4.78, 5) is 9.05. The second-order valence-corrected chi connectivity index (χ2v) is 6.00. The molecule has 0 aliphatic heterocycles. The second kappa shape index (κ2) is 7.13. The number of aromatic nitrogens is 2. The van der Waals surface area contributed by atoms with E-state index in [-0.39, 0.29) is 0 Å². The Kier molecular flexibility index (Phi) is 4.75. The summed E-state index contributed by atoms with van der Waals surface area (Å²) >= 11 is 0. The minimum Gasteiger partial charge on any atom is -0.366 e. The Morgan fingerprint density at radius 3 is 2.50 bits per heavy atom. The van der Waals surface area contributed by atoms with Crippen molar-refractivity contribution in [2.75, 3.05) is 10.6 Å². The molecule has 1 aromatic heterocycles. The molecule has 3 rings (SSSR count). The summed E-state index contributed by atoms with van der Waals surface area (Å²) < 4.78 is 0. The summed E-state index contributed by atoms with van der Waals surface area (Å²) in [7, 11) is 0. The van der Waals surface area contributed by atoms with Gasteiger partial charge in [0.25, 0.3) is 0 Å². The van der Waals surface area contributed by atoms with Gasteiger partial charge in [0, 0.05) is 24.0 Å². The first-order valence-corrected chi connectivity index (χ1v) is 8.08. The summed E-state index contributed by atoms with van der Waals surface area (Å²) in [5.74, 6) is 1.43. The van der Waals surface area contributed by atoms with E-state index in [2.05, 4.69) is 64.8 Å². The van der Waals surface area contributed by atoms with E-state index in [0.717, 1.165) is 29.3 Å². The molecule has 4 nitrogen and oxygen atoms in total. The van der Waals surface area contributed by atoms with Crippen LogP contribution in [0.15, 0.2) is 54.6 Å². The van der Waals surface area contributed by atoms with Crippen LogP contribution in [-0.4, -0.2) is 9.97 Å². The molecule has 2 N–H and O–H groups in total. The first-order valence-electron chi connectivity index (χ1n) is 8.08. The number of para-hydroxylation sites is 1. The van der Waals surface area contributed by atoms with Crippen LogP contribution in [0.5, 0.6) is 0 Å². The Balaban J connectivity index is 1.75. The van der Waals surface area contributed by atoms with E-state index < -0.39 is 0 Å². The lowest BCUT2D eigenvalue weighted by molar-refractivity contribution is 1.06. The number of anilines is 3. The van der Waals surface area contributed by atoms with Crippen LogP contribution in [0.1, 0.15) is 22.4 Å². The Morgan fingerprint density at radius 1 is 0.875 bits per heavy atom. The molecular formula is C20H22N4. The van der Waals surface area contributed by atoms with Crippen LogP contribution in [0.25, 0.3) is 0 Å². The average Bonchev–Trinajstić information content (AvgIpc) is 2.55. The maximum Gasteiger partial charge on any atom is 0.229 e. The van der Waals surface area contributed by atoms with Crippen LogP contribution in [0.3, 0.4) is 0 Å². The van der Waals surface area contributed by atoms with Crippen molar-refractivity contribution in [3.63, 3.8) is 0 Å². The molecule has 0 radical (unpaired) electrons. The molecule has 1 heterocycles. The molecule has 0 unspecified atom stereocenters. The van der Waals surface area contributed by atoms with Crippen LogP contribution < -0.4 is 10.6 Å². The van der Waals surface area contributed by atoms with Crippen LogP contribution in [0, 0.1) is 20.8 Å². The van der Waals surface area contributed by atoms with E-state index in [1.807, 2.05) is 31.2 Å². The van der Waals surface area contributed by atoms with Crippen LogP contribution in [0.4, 0.5) is 17.5 Å². The van der Waals surface area contributed by atoms with Gasteiger partial charge in [0.15, 0.2) is 0 Å². The zero-order chi connectivity index (χ0) is 16.9. The van der Waals surface area contributed by atoms with Gasteiger partial charge in [-0.05, 0) is 38.0 Å². The lowest BCUT2D eigenvalue weighted by Gasteiger charge is -2.11. The summed E-state index contributed by atoms with van der Waals surface area (Å²) in [6.07, 6.45) is 0. The fraction of sp³-hybridized carbons (Fsp3) is 0.200. The van der Waals surface area contributed by atoms with Crippen molar-refractivity contribution in [1.82, 2.24) is 9.97 Å². The fourth-order valence-electron chi connectivity index (χ4n) is 2.56. The fourth-order valence-corrected chi connectivity index (χ4v) is 2.56. The number of hydrogen-bond donors (Lipinski definition) is 2. The minimum absolute atomic E-state index is 0.607. The first kappa shape index (κ1) is 16.0. The molecular weight excluding hydrogens is 296 g/mol. The highest BCUT2D eigenvalue weighted by atomic mass is 15.1. The van der Waals surface area contributed by atoms with Gasteiger partial charge in [-0.3, -0.25) is 0 Å². The van der Waals surface area contributed by atoms with Crippen molar-refractivity contribution >= 4 is 17.5 Å². The van der Waals surface area contributed by atoms with Gasteiger partial charge in [0.05, 0.1) is 0 Å². The molecule has 0 saturated carbocycles. The number of aryl methyl sites for hydroxylation is 3. The van der Waals surface area contributed by atoms with Gasteiger partial charge >= 0.3 is 0 Å². The molecule has 0 atom stereocenters. The highest BCUT2D eigenvalue weighted by Gasteiger charge is 2.04. The van der Waals surface area contributed by atoms with E-state index in [1.165, 1.54) is 11.1 Å². The predicted octanol–water partition coefficient (Wildman–Crippen LogP) is 4.76. The normalized spacial score (nSPS) is 10.5. The smallest absolute Gasteiger partial charge is 0.229 e. The summed E-state index contributed by atoms with van der Waals surface area (Å²) in [5, 5.41) is 6.68. The maximum absolute atomic E-state index is 4.57. The van der Waals surface area contributed by atoms with Crippen molar-refractivity contribution < 1.29 is 0 Å². The SMILES string of the molecule is Cc1cccc(CNc2cc(C)nc(Nc3ccccc3C)n2)c1. The number of hydrogen-bond acceptors (Lipinski definition) is 4. The Hall–Kier alpha value is -2.88. The van der Waals surface area contributed by atoms with Crippen LogP contribution in [0.2, 0.25) is 0 Å². The van der Waals surface area contributed by atoms with E-state index in [1.54, 1.807) is 0 Å². The molecule has 0 aliphatic rings. The molecule has 122 valence electrons. The molecule has 0 amide bonds. The molecule has 4 heteroatoms. The maximum atomic E-state index is 4.57. The molecule has 3 aromatic rings. The second-order valence-electron chi connectivity index (χ2n) is 6.00. The standard InChI is InChI=1S/C20H22N4/c1-14-7-6-9-17(11-14)13-21-19-12-16(3)22-20(24-19)23-18-10-5-4-8-15(18)2/h4-12H,13H2,1-3H3,(H2,21,22,23,24). The van der Waals surface area contributed by atoms with Crippen molar-refractivity contribution in [2.24, 2.45) is 0 Å². The Bertz CT molecular complexity index is 843. The number of rotatable bonds is 5. The predicted molar refractivity (Wildman–Crippen MR) is 99.7 cm³/mol. The van der Waals surface area contributed by atoms with Crippen molar-refractivity contribution in [3.05, 3.63) is 77.0 Å². The monoisotopic (exact) mass is 318 g/mol.